The molecule has 6 rings (SSSR count). The minimum absolute atomic E-state index is 0.355. The summed E-state index contributed by atoms with van der Waals surface area (Å²) >= 11 is 0. The van der Waals surface area contributed by atoms with Crippen molar-refractivity contribution in [1.29, 1.82) is 0 Å². The second-order valence-electron chi connectivity index (χ2n) is 15.4. The molecule has 4 heterocycles. The molecule has 2 aromatic heterocycles. The molecule has 0 aliphatic carbocycles. The van der Waals surface area contributed by atoms with Crippen LogP contribution in [0.5, 0.6) is 5.75 Å². The van der Waals surface area contributed by atoms with Crippen molar-refractivity contribution in [2.24, 2.45) is 16.5 Å². The number of nitrogens with zero attached hydrogens (tertiary/aromatic N) is 5. The smallest absolute Gasteiger partial charge is 0.220 e. The maximum Gasteiger partial charge on any atom is 0.220 e. The Hall–Kier alpha value is -5.96. The standard InChI is InChI=1S/C41H51FN8O.C3H6O.2C3H8.CH5N.2CH2O/c1-8-16-48(7)24-26(5)45-33(11-4)29-19-32(42)40-37-20-30-18-28(35-23-44-39(47-35)25-49(17-9-2)27(6)14-15-43)12-13-36(30)50(37)41(51-38(40)21-29)34-22-31(10-3)46-34;1-2-3-4;2*1-3-2;3*1-2/h11-13,18-23,41,45H,5-6,8-10,14-17,24-25,43H2,1-4,7H3,(H,44,47);3H,2H2,1H3;2*3H2,1-2H3;2H2,1H3;2*1H2/b33-11-;;;;;;. The first-order valence-corrected chi connectivity index (χ1v) is 23.4. The van der Waals surface area contributed by atoms with E-state index in [-0.39, 0.29) is 5.82 Å². The zero-order chi connectivity index (χ0) is 51.1. The van der Waals surface area contributed by atoms with Crippen LogP contribution < -0.4 is 21.5 Å². The molecule has 370 valence electrons. The van der Waals surface area contributed by atoms with Gasteiger partial charge in [-0.15, -0.1) is 0 Å². The first-order chi connectivity index (χ1) is 32.4. The third-order valence-electron chi connectivity index (χ3n) is 9.62. The van der Waals surface area contributed by atoms with Crippen molar-refractivity contribution in [1.82, 2.24) is 29.7 Å². The Balaban J connectivity index is 0.00000241. The quantitative estimate of drug-likeness (QED) is 0.0702. The van der Waals surface area contributed by atoms with Crippen LogP contribution in [0, 0.1) is 5.82 Å². The maximum atomic E-state index is 16.4. The molecule has 1 unspecified atom stereocenters. The zero-order valence-electron chi connectivity index (χ0n) is 42.6. The van der Waals surface area contributed by atoms with Gasteiger partial charge in [0.25, 0.3) is 0 Å². The molecule has 0 saturated heterocycles. The topological polar surface area (TPSA) is 177 Å². The zero-order valence-corrected chi connectivity index (χ0v) is 42.6. The van der Waals surface area contributed by atoms with E-state index in [1.807, 2.05) is 45.8 Å². The minimum atomic E-state index is -0.537. The number of H-pyrrole nitrogens is 1. The number of imidazole rings is 1. The lowest BCUT2D eigenvalue weighted by Gasteiger charge is -2.33. The predicted molar refractivity (Wildman–Crippen MR) is 280 cm³/mol. The van der Waals surface area contributed by atoms with Crippen molar-refractivity contribution in [3.8, 4) is 28.3 Å². The molecule has 13 nitrogen and oxygen atoms in total. The largest absolute Gasteiger partial charge is 0.463 e. The highest BCUT2D eigenvalue weighted by Gasteiger charge is 2.35. The molecule has 2 aliphatic rings. The van der Waals surface area contributed by atoms with E-state index in [1.165, 1.54) is 19.9 Å². The van der Waals surface area contributed by atoms with Crippen molar-refractivity contribution in [2.45, 2.75) is 120 Å². The summed E-state index contributed by atoms with van der Waals surface area (Å²) in [6.45, 7) is 34.8. The summed E-state index contributed by atoms with van der Waals surface area (Å²) in [5, 5.41) is 4.38. The molecule has 0 spiro atoms. The molecule has 1 atom stereocenters. The number of likely N-dealkylation sites (N-methyl/N-ethyl adjacent to an activating group) is 1. The van der Waals surface area contributed by atoms with Crippen LogP contribution in [0.3, 0.4) is 0 Å². The van der Waals surface area contributed by atoms with Crippen molar-refractivity contribution in [3.63, 3.8) is 0 Å². The van der Waals surface area contributed by atoms with Crippen molar-refractivity contribution in [3.05, 3.63) is 102 Å². The van der Waals surface area contributed by atoms with Crippen molar-refractivity contribution >= 4 is 42.2 Å². The molecule has 0 amide bonds. The van der Waals surface area contributed by atoms with E-state index >= 15 is 4.39 Å². The Labute approximate surface area is 401 Å². The molecule has 14 heteroatoms. The minimum Gasteiger partial charge on any atom is -0.463 e. The molecular weight excluding hydrogens is 846 g/mol. The third kappa shape index (κ3) is 18.0. The Morgan fingerprint density at radius 1 is 0.970 bits per heavy atom. The van der Waals surface area contributed by atoms with Gasteiger partial charge in [0.15, 0.2) is 0 Å². The second kappa shape index (κ2) is 34.4. The summed E-state index contributed by atoms with van der Waals surface area (Å²) in [4.78, 5) is 42.6. The van der Waals surface area contributed by atoms with Crippen LogP contribution in [0.4, 0.5) is 4.39 Å². The van der Waals surface area contributed by atoms with Crippen LogP contribution in [0.25, 0.3) is 39.1 Å². The van der Waals surface area contributed by atoms with Gasteiger partial charge in [-0.25, -0.2) is 9.37 Å². The van der Waals surface area contributed by atoms with Gasteiger partial charge < -0.3 is 50.7 Å². The summed E-state index contributed by atoms with van der Waals surface area (Å²) in [5.41, 5.74) is 19.5. The summed E-state index contributed by atoms with van der Waals surface area (Å²) in [6, 6.07) is 11.8. The number of aldehydes is 1. The number of carbonyl (C=O) groups is 3. The van der Waals surface area contributed by atoms with Crippen LogP contribution in [0.2, 0.25) is 0 Å². The highest BCUT2D eigenvalue weighted by atomic mass is 19.1. The summed E-state index contributed by atoms with van der Waals surface area (Å²) in [5.74, 6) is 0.986. The van der Waals surface area contributed by atoms with Gasteiger partial charge in [0.05, 0.1) is 35.2 Å². The van der Waals surface area contributed by atoms with Gasteiger partial charge in [-0.05, 0) is 96.2 Å². The number of aliphatic imine (C=N–C) groups is 1. The number of nitrogens with two attached hydrogens (primary N) is 2. The van der Waals surface area contributed by atoms with Gasteiger partial charge in [-0.3, -0.25) is 9.56 Å². The van der Waals surface area contributed by atoms with E-state index in [9.17, 15) is 4.79 Å². The van der Waals surface area contributed by atoms with Gasteiger partial charge >= 0.3 is 0 Å². The number of hydrogen-bond acceptors (Lipinski definition) is 11. The van der Waals surface area contributed by atoms with Gasteiger partial charge in [0.2, 0.25) is 6.23 Å². The Bertz CT molecular complexity index is 2190. The average molecular weight is 928 g/mol. The first-order valence-electron chi connectivity index (χ1n) is 23.4. The number of allylic oxidation sites excluding steroid dienone is 2. The van der Waals surface area contributed by atoms with Gasteiger partial charge in [-0.1, -0.05) is 93.5 Å². The second-order valence-corrected chi connectivity index (χ2v) is 15.4. The van der Waals surface area contributed by atoms with E-state index < -0.39 is 6.23 Å². The van der Waals surface area contributed by atoms with Crippen LogP contribution in [0.1, 0.15) is 125 Å². The number of aromatic nitrogens is 3. The van der Waals surface area contributed by atoms with Crippen molar-refractivity contribution < 1.29 is 23.5 Å². The maximum absolute atomic E-state index is 16.4. The number of halogens is 1. The normalized spacial score (nSPS) is 12.6. The molecule has 4 aromatic rings. The van der Waals surface area contributed by atoms with E-state index in [4.69, 9.17) is 30.0 Å². The SMILES string of the molecule is C=C(CN(C)CCC)N/C(=C\C)c1cc(F)c2c(c1)OC(C1=CC(CC)=N1)n1c-2cc2cc(-c3cnc(CN(CCC)C(=C)CCN)[nH]3)ccc21.C=O.C=O.CCC.CCC.CCC=O.CN. The van der Waals surface area contributed by atoms with E-state index in [0.717, 1.165) is 107 Å². The summed E-state index contributed by atoms with van der Waals surface area (Å²) in [7, 11) is 3.57. The number of ether oxygens (including phenoxy) is 1. The lowest BCUT2D eigenvalue weighted by molar-refractivity contribution is -0.107. The Morgan fingerprint density at radius 2 is 1.58 bits per heavy atom. The van der Waals surface area contributed by atoms with Crippen molar-refractivity contribution in [2.75, 3.05) is 40.3 Å². The van der Waals surface area contributed by atoms with E-state index in [0.29, 0.717) is 42.9 Å². The molecular formula is C53H82FN9O4. The van der Waals surface area contributed by atoms with Gasteiger partial charge in [0.1, 0.15) is 43.0 Å². The van der Waals surface area contributed by atoms with E-state index in [2.05, 4.69) is 129 Å². The van der Waals surface area contributed by atoms with Crippen LogP contribution in [0.15, 0.2) is 90.0 Å². The van der Waals surface area contributed by atoms with Gasteiger partial charge in [-0.2, -0.15) is 0 Å². The molecule has 0 fully saturated rings. The first kappa shape index (κ1) is 61.0. The monoisotopic (exact) mass is 928 g/mol. The Morgan fingerprint density at radius 3 is 2.12 bits per heavy atom. The lowest BCUT2D eigenvalue weighted by atomic mass is 10.0. The molecule has 0 radical (unpaired) electrons. The molecule has 0 saturated carbocycles. The van der Waals surface area contributed by atoms with Gasteiger partial charge in [0, 0.05) is 58.8 Å². The molecule has 2 aromatic carbocycles. The van der Waals surface area contributed by atoms with Crippen LogP contribution in [-0.2, 0) is 20.9 Å². The Kier molecular flexibility index (Phi) is 31.3. The van der Waals surface area contributed by atoms with Crippen LogP contribution >= 0.6 is 0 Å². The number of rotatable bonds is 18. The highest BCUT2D eigenvalue weighted by Crippen LogP contribution is 2.47. The number of benzene rings is 2. The van der Waals surface area contributed by atoms with Crippen LogP contribution in [-0.4, -0.2) is 90.2 Å². The average Bonchev–Trinajstić information content (AvgIpc) is 3.95. The third-order valence-corrected chi connectivity index (χ3v) is 9.62. The molecule has 67 heavy (non-hydrogen) atoms. The number of hydrogen-bond donors (Lipinski definition) is 4. The number of aromatic amines is 1. The number of carbonyl (C=O) groups excluding carboxylic acids is 3. The fraction of sp³-hybridized carbons (Fsp3) is 0.453. The molecule has 2 aliphatic heterocycles. The van der Waals surface area contributed by atoms with E-state index in [1.54, 1.807) is 6.07 Å². The molecule has 6 N–H and O–H groups in total. The number of fused-ring (bicyclic) bond motifs is 5. The highest BCUT2D eigenvalue weighted by molar-refractivity contribution is 6.01. The number of nitrogens with one attached hydrogen (secondary N) is 2. The molecule has 0 bridgehead atoms. The summed E-state index contributed by atoms with van der Waals surface area (Å²) < 4.78 is 25.1. The fourth-order valence-corrected chi connectivity index (χ4v) is 6.98. The predicted octanol–water partition coefficient (Wildman–Crippen LogP) is 11.0. The lowest BCUT2D eigenvalue weighted by Crippen LogP contribution is -2.27. The summed E-state index contributed by atoms with van der Waals surface area (Å²) in [6.07, 6.45) is 13.0. The fourth-order valence-electron chi connectivity index (χ4n) is 6.98.